The number of hydrogen-bond donors (Lipinski definition) is 0. The van der Waals surface area contributed by atoms with E-state index in [-0.39, 0.29) is 5.69 Å². The Kier molecular flexibility index (Phi) is 5.57. The van der Waals surface area contributed by atoms with Crippen LogP contribution in [0, 0.1) is 21.4 Å². The van der Waals surface area contributed by atoms with Crippen LogP contribution in [0.5, 0.6) is 0 Å². The quantitative estimate of drug-likeness (QED) is 0.179. The van der Waals surface area contributed by atoms with Crippen molar-refractivity contribution >= 4 is 44.6 Å². The average molecular weight is 478 g/mol. The standard InChI is InChI=1S/C22H12BrN3O3S/c23-17-5-1-14(2-6-17)20-13-30-22(25-20)16(12-24)11-19-9-10-21(29-19)15-3-7-18(8-4-15)26(27)28/h1-11,13H. The maximum absolute atomic E-state index is 10.8. The molecular weight excluding hydrogens is 466 g/mol. The highest BCUT2D eigenvalue weighted by molar-refractivity contribution is 9.10. The van der Waals surface area contributed by atoms with Crippen LogP contribution in [-0.2, 0) is 0 Å². The first-order valence-corrected chi connectivity index (χ1v) is 10.4. The molecule has 0 spiro atoms. The van der Waals surface area contributed by atoms with Crippen molar-refractivity contribution in [3.8, 4) is 28.7 Å². The predicted molar refractivity (Wildman–Crippen MR) is 120 cm³/mol. The molecule has 0 amide bonds. The molecule has 0 atom stereocenters. The molecule has 0 fully saturated rings. The van der Waals surface area contributed by atoms with E-state index in [2.05, 4.69) is 27.0 Å². The maximum atomic E-state index is 10.8. The predicted octanol–water partition coefficient (Wildman–Crippen LogP) is 6.80. The molecule has 0 unspecified atom stereocenters. The van der Waals surface area contributed by atoms with Crippen LogP contribution in [0.2, 0.25) is 0 Å². The lowest BCUT2D eigenvalue weighted by Crippen LogP contribution is -1.86. The van der Waals surface area contributed by atoms with Gasteiger partial charge < -0.3 is 4.42 Å². The second-order valence-electron chi connectivity index (χ2n) is 6.22. The van der Waals surface area contributed by atoms with Crippen LogP contribution in [0.25, 0.3) is 34.2 Å². The Bertz CT molecular complexity index is 1280. The molecule has 8 heteroatoms. The summed E-state index contributed by atoms with van der Waals surface area (Å²) in [5.41, 5.74) is 2.90. The van der Waals surface area contributed by atoms with Crippen LogP contribution in [-0.4, -0.2) is 9.91 Å². The van der Waals surface area contributed by atoms with Crippen molar-refractivity contribution in [3.63, 3.8) is 0 Å². The molecule has 0 saturated heterocycles. The number of nitro benzene ring substituents is 1. The lowest BCUT2D eigenvalue weighted by atomic mass is 10.1. The van der Waals surface area contributed by atoms with Gasteiger partial charge in [-0.3, -0.25) is 10.1 Å². The number of nitro groups is 1. The molecule has 2 aromatic heterocycles. The summed E-state index contributed by atoms with van der Waals surface area (Å²) in [6, 6.07) is 19.6. The van der Waals surface area contributed by atoms with Gasteiger partial charge in [-0.2, -0.15) is 5.26 Å². The smallest absolute Gasteiger partial charge is 0.269 e. The summed E-state index contributed by atoms with van der Waals surface area (Å²) in [5, 5.41) is 22.9. The van der Waals surface area contributed by atoms with E-state index < -0.39 is 4.92 Å². The zero-order valence-corrected chi connectivity index (χ0v) is 17.7. The minimum Gasteiger partial charge on any atom is -0.457 e. The molecule has 2 heterocycles. The summed E-state index contributed by atoms with van der Waals surface area (Å²) < 4.78 is 6.79. The van der Waals surface area contributed by atoms with E-state index in [1.807, 2.05) is 29.6 Å². The zero-order valence-electron chi connectivity index (χ0n) is 15.3. The first-order valence-electron chi connectivity index (χ1n) is 8.72. The number of hydrogen-bond acceptors (Lipinski definition) is 6. The minimum absolute atomic E-state index is 0.0162. The number of halogens is 1. The average Bonchev–Trinajstić information content (AvgIpc) is 3.42. The van der Waals surface area contributed by atoms with Gasteiger partial charge in [-0.25, -0.2) is 4.98 Å². The Hall–Kier alpha value is -3.54. The summed E-state index contributed by atoms with van der Waals surface area (Å²) in [6.07, 6.45) is 1.64. The number of nitriles is 1. The topological polar surface area (TPSA) is 93.0 Å². The van der Waals surface area contributed by atoms with E-state index >= 15 is 0 Å². The summed E-state index contributed by atoms with van der Waals surface area (Å²) in [7, 11) is 0. The van der Waals surface area contributed by atoms with Gasteiger partial charge in [-0.1, -0.05) is 28.1 Å². The second kappa shape index (κ2) is 8.45. The molecule has 0 bridgehead atoms. The van der Waals surface area contributed by atoms with Crippen molar-refractivity contribution in [1.82, 2.24) is 4.98 Å². The molecule has 30 heavy (non-hydrogen) atoms. The van der Waals surface area contributed by atoms with E-state index in [0.29, 0.717) is 27.7 Å². The van der Waals surface area contributed by atoms with E-state index in [1.165, 1.54) is 23.5 Å². The summed E-state index contributed by atoms with van der Waals surface area (Å²) in [6.45, 7) is 0. The van der Waals surface area contributed by atoms with Gasteiger partial charge >= 0.3 is 0 Å². The van der Waals surface area contributed by atoms with Crippen LogP contribution in [0.1, 0.15) is 10.8 Å². The molecule has 0 aliphatic heterocycles. The molecular formula is C22H12BrN3O3S. The number of furan rings is 1. The van der Waals surface area contributed by atoms with Crippen molar-refractivity contribution in [2.45, 2.75) is 0 Å². The fourth-order valence-electron chi connectivity index (χ4n) is 2.77. The molecule has 2 aromatic carbocycles. The third-order valence-electron chi connectivity index (χ3n) is 4.27. The van der Waals surface area contributed by atoms with Gasteiger partial charge in [-0.05, 0) is 36.4 Å². The Morgan fingerprint density at radius 3 is 2.47 bits per heavy atom. The van der Waals surface area contributed by atoms with E-state index in [1.54, 1.807) is 30.3 Å². The van der Waals surface area contributed by atoms with Gasteiger partial charge in [0.2, 0.25) is 0 Å². The Labute approximate surface area is 184 Å². The first kappa shape index (κ1) is 19.8. The fourth-order valence-corrected chi connectivity index (χ4v) is 3.83. The Morgan fingerprint density at radius 2 is 1.80 bits per heavy atom. The molecule has 0 aliphatic rings. The summed E-state index contributed by atoms with van der Waals surface area (Å²) in [5.74, 6) is 1.06. The van der Waals surface area contributed by atoms with Crippen molar-refractivity contribution < 1.29 is 9.34 Å². The normalized spacial score (nSPS) is 11.3. The molecule has 146 valence electrons. The molecule has 4 aromatic rings. The van der Waals surface area contributed by atoms with Crippen LogP contribution < -0.4 is 0 Å². The van der Waals surface area contributed by atoms with Crippen LogP contribution in [0.4, 0.5) is 5.69 Å². The van der Waals surface area contributed by atoms with Gasteiger partial charge in [0.1, 0.15) is 22.6 Å². The maximum Gasteiger partial charge on any atom is 0.269 e. The molecule has 0 radical (unpaired) electrons. The number of rotatable bonds is 5. The Balaban J connectivity index is 1.59. The number of nitrogens with zero attached hydrogens (tertiary/aromatic N) is 3. The van der Waals surface area contributed by atoms with Gasteiger partial charge in [0.05, 0.1) is 16.2 Å². The highest BCUT2D eigenvalue weighted by Crippen LogP contribution is 2.30. The number of aromatic nitrogens is 1. The van der Waals surface area contributed by atoms with Crippen molar-refractivity contribution in [2.75, 3.05) is 0 Å². The SMILES string of the molecule is N#CC(=Cc1ccc(-c2ccc([N+](=O)[O-])cc2)o1)c1nc(-c2ccc(Br)cc2)cs1. The summed E-state index contributed by atoms with van der Waals surface area (Å²) in [4.78, 5) is 14.9. The first-order chi connectivity index (χ1) is 14.5. The number of thiazole rings is 1. The van der Waals surface area contributed by atoms with E-state index in [0.717, 1.165) is 15.7 Å². The largest absolute Gasteiger partial charge is 0.457 e. The molecule has 6 nitrogen and oxygen atoms in total. The number of non-ortho nitro benzene ring substituents is 1. The van der Waals surface area contributed by atoms with Gasteiger partial charge in [0.25, 0.3) is 5.69 Å². The van der Waals surface area contributed by atoms with Gasteiger partial charge in [-0.15, -0.1) is 11.3 Å². The zero-order chi connectivity index (χ0) is 21.1. The van der Waals surface area contributed by atoms with Crippen LogP contribution in [0.3, 0.4) is 0 Å². The third kappa shape index (κ3) is 4.22. The minimum atomic E-state index is -0.449. The van der Waals surface area contributed by atoms with Gasteiger partial charge in [0.15, 0.2) is 0 Å². The summed E-state index contributed by atoms with van der Waals surface area (Å²) >= 11 is 4.80. The lowest BCUT2D eigenvalue weighted by molar-refractivity contribution is -0.384. The molecule has 0 N–H and O–H groups in total. The van der Waals surface area contributed by atoms with Crippen molar-refractivity contribution in [2.24, 2.45) is 0 Å². The highest BCUT2D eigenvalue weighted by atomic mass is 79.9. The van der Waals surface area contributed by atoms with E-state index in [9.17, 15) is 15.4 Å². The highest BCUT2D eigenvalue weighted by Gasteiger charge is 2.12. The van der Waals surface area contributed by atoms with Crippen LogP contribution in [0.15, 0.2) is 74.9 Å². The van der Waals surface area contributed by atoms with E-state index in [4.69, 9.17) is 4.42 Å². The molecule has 0 aliphatic carbocycles. The van der Waals surface area contributed by atoms with Crippen molar-refractivity contribution in [1.29, 1.82) is 5.26 Å². The third-order valence-corrected chi connectivity index (χ3v) is 5.68. The monoisotopic (exact) mass is 477 g/mol. The van der Waals surface area contributed by atoms with Gasteiger partial charge in [0, 0.05) is 39.2 Å². The second-order valence-corrected chi connectivity index (χ2v) is 7.99. The van der Waals surface area contributed by atoms with Crippen molar-refractivity contribution in [3.05, 3.63) is 91.4 Å². The lowest BCUT2D eigenvalue weighted by Gasteiger charge is -1.97. The number of benzene rings is 2. The number of allylic oxidation sites excluding steroid dienone is 1. The van der Waals surface area contributed by atoms with Crippen LogP contribution >= 0.6 is 27.3 Å². The Morgan fingerprint density at radius 1 is 1.10 bits per heavy atom. The fraction of sp³-hybridized carbons (Fsp3) is 0. The molecule has 0 saturated carbocycles. The molecule has 4 rings (SSSR count).